The number of rotatable bonds is 26. The fourth-order valence-corrected chi connectivity index (χ4v) is 8.92. The van der Waals surface area contributed by atoms with Gasteiger partial charge in [-0.1, -0.05) is 114 Å². The summed E-state index contributed by atoms with van der Waals surface area (Å²) in [5, 5.41) is 34.9. The van der Waals surface area contributed by atoms with Crippen molar-refractivity contribution in [3.05, 3.63) is 71.8 Å². The van der Waals surface area contributed by atoms with Gasteiger partial charge in [-0.05, 0) is 101 Å². The summed E-state index contributed by atoms with van der Waals surface area (Å²) in [5.74, 6) is -7.03. The van der Waals surface area contributed by atoms with Crippen LogP contribution in [0.25, 0.3) is 0 Å². The number of nitrogens with two attached hydrogens (primary N) is 4. The van der Waals surface area contributed by atoms with Gasteiger partial charge in [0.15, 0.2) is 0 Å². The molecule has 3 rings (SSSR count). The average molecular weight is 1090 g/mol. The van der Waals surface area contributed by atoms with Gasteiger partial charge < -0.3 is 75.9 Å². The summed E-state index contributed by atoms with van der Waals surface area (Å²) >= 11 is 0. The summed E-state index contributed by atoms with van der Waals surface area (Å²) in [6.45, 7) is 5.19. The summed E-state index contributed by atoms with van der Waals surface area (Å²) in [7, 11) is 0. The molecule has 18 N–H and O–H groups in total. The lowest BCUT2D eigenvalue weighted by molar-refractivity contribution is -0.136. The Morgan fingerprint density at radius 1 is 0.577 bits per heavy atom. The quantitative estimate of drug-likeness (QED) is 0.0493. The number of carbonyl (C=O) groups is 9. The molecular formula is C55H89N13O10. The van der Waals surface area contributed by atoms with E-state index in [2.05, 4.69) is 54.8 Å². The van der Waals surface area contributed by atoms with Crippen LogP contribution in [-0.4, -0.2) is 145 Å². The molecule has 0 aromatic heterocycles. The highest BCUT2D eigenvalue weighted by Gasteiger charge is 2.35. The Morgan fingerprint density at radius 3 is 1.58 bits per heavy atom. The molecule has 23 heteroatoms. The van der Waals surface area contributed by atoms with E-state index in [9.17, 15) is 48.3 Å². The number of aryl methyl sites for hydroxylation is 1. The predicted molar refractivity (Wildman–Crippen MR) is 296 cm³/mol. The zero-order valence-electron chi connectivity index (χ0n) is 45.8. The van der Waals surface area contributed by atoms with E-state index in [0.29, 0.717) is 18.4 Å². The smallest absolute Gasteiger partial charge is 0.243 e. The first-order chi connectivity index (χ1) is 37.4. The van der Waals surface area contributed by atoms with Gasteiger partial charge in [0, 0.05) is 13.0 Å². The van der Waals surface area contributed by atoms with Gasteiger partial charge in [0.1, 0.15) is 48.3 Å². The van der Waals surface area contributed by atoms with E-state index >= 15 is 0 Å². The molecule has 1 saturated heterocycles. The molecule has 0 bridgehead atoms. The second-order valence-corrected chi connectivity index (χ2v) is 20.3. The van der Waals surface area contributed by atoms with Crippen LogP contribution in [-0.2, 0) is 56.0 Å². The van der Waals surface area contributed by atoms with Gasteiger partial charge in [-0.3, -0.25) is 43.2 Å². The van der Waals surface area contributed by atoms with Crippen molar-refractivity contribution in [2.45, 2.75) is 178 Å². The minimum Gasteiger partial charge on any atom is -0.393 e. The monoisotopic (exact) mass is 1090 g/mol. The molecule has 1 aliphatic rings. The van der Waals surface area contributed by atoms with Gasteiger partial charge in [-0.15, -0.1) is 0 Å². The summed E-state index contributed by atoms with van der Waals surface area (Å²) < 4.78 is 0. The molecule has 434 valence electrons. The lowest BCUT2D eigenvalue weighted by Crippen LogP contribution is -2.61. The summed E-state index contributed by atoms with van der Waals surface area (Å²) in [5.41, 5.74) is 25.2. The largest absolute Gasteiger partial charge is 0.393 e. The van der Waals surface area contributed by atoms with Crippen LogP contribution in [0.1, 0.15) is 122 Å². The highest BCUT2D eigenvalue weighted by atomic mass is 16.3. The summed E-state index contributed by atoms with van der Waals surface area (Å²) in [6, 6.07) is 7.44. The molecule has 0 unspecified atom stereocenters. The Hall–Kier alpha value is -6.53. The minimum absolute atomic E-state index is 0.0508. The van der Waals surface area contributed by atoms with E-state index in [4.69, 9.17) is 22.9 Å². The third-order valence-corrected chi connectivity index (χ3v) is 13.3. The lowest BCUT2D eigenvalue weighted by atomic mass is 10.00. The highest BCUT2D eigenvalue weighted by Crippen LogP contribution is 2.13. The van der Waals surface area contributed by atoms with Crippen molar-refractivity contribution >= 4 is 53.2 Å². The number of aliphatic hydroxyl groups is 1. The van der Waals surface area contributed by atoms with E-state index in [-0.39, 0.29) is 96.4 Å². The van der Waals surface area contributed by atoms with Crippen LogP contribution in [0.15, 0.2) is 60.7 Å². The Kier molecular flexibility index (Phi) is 30.8. The second-order valence-electron chi connectivity index (χ2n) is 20.3. The molecule has 9 atom stereocenters. The molecule has 2 aromatic rings. The maximum absolute atomic E-state index is 14.5. The van der Waals surface area contributed by atoms with Crippen LogP contribution in [0, 0.1) is 5.92 Å². The average Bonchev–Trinajstić information content (AvgIpc) is 3.40. The topological polar surface area (TPSA) is 386 Å². The maximum Gasteiger partial charge on any atom is 0.243 e. The maximum atomic E-state index is 14.5. The van der Waals surface area contributed by atoms with Gasteiger partial charge in [-0.25, -0.2) is 0 Å². The minimum atomic E-state index is -1.49. The van der Waals surface area contributed by atoms with Gasteiger partial charge in [-0.2, -0.15) is 0 Å². The van der Waals surface area contributed by atoms with Gasteiger partial charge in [0.05, 0.1) is 12.5 Å². The molecule has 0 spiro atoms. The van der Waals surface area contributed by atoms with Crippen molar-refractivity contribution in [2.24, 2.45) is 28.9 Å². The Labute approximate surface area is 459 Å². The van der Waals surface area contributed by atoms with Crippen molar-refractivity contribution in [2.75, 3.05) is 32.7 Å². The predicted octanol–water partition coefficient (Wildman–Crippen LogP) is -1.19. The molecule has 0 saturated carbocycles. The van der Waals surface area contributed by atoms with E-state index in [1.807, 2.05) is 44.2 Å². The van der Waals surface area contributed by atoms with Gasteiger partial charge in [0.25, 0.3) is 0 Å². The molecule has 23 nitrogen and oxygen atoms in total. The van der Waals surface area contributed by atoms with Crippen molar-refractivity contribution in [3.8, 4) is 0 Å². The number of amides is 9. The fraction of sp³-hybridized carbons (Fsp3) is 0.618. The van der Waals surface area contributed by atoms with E-state index in [0.717, 1.165) is 37.7 Å². The van der Waals surface area contributed by atoms with Crippen LogP contribution in [0.3, 0.4) is 0 Å². The van der Waals surface area contributed by atoms with E-state index in [1.165, 1.54) is 0 Å². The normalized spacial score (nSPS) is 22.3. The van der Waals surface area contributed by atoms with Crippen molar-refractivity contribution in [1.29, 1.82) is 0 Å². The van der Waals surface area contributed by atoms with Crippen LogP contribution < -0.4 is 70.8 Å². The Morgan fingerprint density at radius 2 is 1.05 bits per heavy atom. The van der Waals surface area contributed by atoms with Crippen molar-refractivity contribution in [1.82, 2.24) is 47.9 Å². The molecule has 2 aromatic carbocycles. The number of benzene rings is 2. The molecule has 1 fully saturated rings. The number of hydrogen-bond donors (Lipinski definition) is 14. The first-order valence-corrected chi connectivity index (χ1v) is 27.7. The third-order valence-electron chi connectivity index (χ3n) is 13.3. The second kappa shape index (κ2) is 36.5. The highest BCUT2D eigenvalue weighted by molar-refractivity contribution is 5.98. The Balaban J connectivity index is 2.11. The first kappa shape index (κ1) is 65.8. The third kappa shape index (κ3) is 24.4. The molecule has 9 amide bonds. The standard InChI is InChI=1S/C55H89N13O10/c1-4-5-6-7-14-19-38(69)34-47(70)61-40(22-27-56)49(72)66-44-26-31-60-48(71)39(21-20-36-15-10-8-11-16-36)62-50(73)41(23-28-57)63-51(74)42(24-29-58)65-54(77)45(32-35(2)3)67-55(78)46(33-37-17-12-9-13-18-37)68-52(75)43(25-30-59)64-53(44)76/h8-13,15-18,35,38-46,69H,4-7,14,19-34,56-59H2,1-3H3,(H,60,71)(H,61,70)(H,62,73)(H,63,74)(H,64,76)(H,65,77)(H,66,72)(H,67,78)(H,68,75)/t38-,39+,40-,41+,42+,43+,44+,45+,46-/m1/s1. The first-order valence-electron chi connectivity index (χ1n) is 27.7. The van der Waals surface area contributed by atoms with E-state index in [1.54, 1.807) is 30.3 Å². The van der Waals surface area contributed by atoms with Crippen LogP contribution in [0.2, 0.25) is 0 Å². The molecule has 1 heterocycles. The molecule has 78 heavy (non-hydrogen) atoms. The number of aliphatic hydroxyl groups excluding tert-OH is 1. The van der Waals surface area contributed by atoms with Crippen LogP contribution in [0.4, 0.5) is 0 Å². The summed E-state index contributed by atoms with van der Waals surface area (Å²) in [6.07, 6.45) is 3.74. The molecule has 0 radical (unpaired) electrons. The van der Waals surface area contributed by atoms with Crippen molar-refractivity contribution < 1.29 is 48.3 Å². The Bertz CT molecular complexity index is 2190. The SMILES string of the molecule is CCCCCCC[C@@H](O)CC(=O)N[C@H](CCN)C(=O)N[C@H]1CCNC(=O)[C@H](CCc2ccccc2)NC(=O)[C@H](CCN)NC(=O)[C@H](CCN)NC(=O)[C@H](CC(C)C)NC(=O)[C@@H](Cc2ccccc2)NC(=O)[C@H](CCN)NC1=O. The van der Waals surface area contributed by atoms with Gasteiger partial charge >= 0.3 is 0 Å². The number of hydrogen-bond acceptors (Lipinski definition) is 14. The number of nitrogens with one attached hydrogen (secondary N) is 9. The zero-order valence-corrected chi connectivity index (χ0v) is 45.8. The summed E-state index contributed by atoms with van der Waals surface area (Å²) in [4.78, 5) is 127. The van der Waals surface area contributed by atoms with Gasteiger partial charge in [0.2, 0.25) is 53.2 Å². The lowest BCUT2D eigenvalue weighted by Gasteiger charge is -2.28. The van der Waals surface area contributed by atoms with Crippen LogP contribution in [0.5, 0.6) is 0 Å². The molecule has 1 aliphatic heterocycles. The molecular weight excluding hydrogens is 1000 g/mol. The number of unbranched alkanes of at least 4 members (excludes halogenated alkanes) is 4. The fourth-order valence-electron chi connectivity index (χ4n) is 8.92. The number of carbonyl (C=O) groups excluding carboxylic acids is 9. The zero-order chi connectivity index (χ0) is 57.4. The molecule has 0 aliphatic carbocycles. The van der Waals surface area contributed by atoms with Crippen molar-refractivity contribution in [3.63, 3.8) is 0 Å². The van der Waals surface area contributed by atoms with E-state index < -0.39 is 108 Å². The van der Waals surface area contributed by atoms with Crippen LogP contribution >= 0.6 is 0 Å².